The molecule has 1 amide bonds. The summed E-state index contributed by atoms with van der Waals surface area (Å²) in [6.07, 6.45) is 3.79. The van der Waals surface area contributed by atoms with Gasteiger partial charge in [0.25, 0.3) is 0 Å². The monoisotopic (exact) mass is 296 g/mol. The van der Waals surface area contributed by atoms with E-state index in [4.69, 9.17) is 5.73 Å². The minimum atomic E-state index is -0.383. The summed E-state index contributed by atoms with van der Waals surface area (Å²) in [4.78, 5) is 22.6. The van der Waals surface area contributed by atoms with Gasteiger partial charge in [0.2, 0.25) is 5.91 Å². The molecule has 1 aliphatic heterocycles. The van der Waals surface area contributed by atoms with Gasteiger partial charge in [0.05, 0.1) is 5.69 Å². The zero-order chi connectivity index (χ0) is 15.5. The highest BCUT2D eigenvalue weighted by Crippen LogP contribution is 2.19. The van der Waals surface area contributed by atoms with Gasteiger partial charge >= 0.3 is 0 Å². The third kappa shape index (κ3) is 3.14. The summed E-state index contributed by atoms with van der Waals surface area (Å²) in [6, 6.07) is 7.53. The number of aryl methyl sites for hydroxylation is 1. The molecule has 1 aromatic heterocycles. The van der Waals surface area contributed by atoms with Crippen molar-refractivity contribution < 1.29 is 4.79 Å². The quantitative estimate of drug-likeness (QED) is 0.932. The minimum absolute atomic E-state index is 0.383. The van der Waals surface area contributed by atoms with E-state index in [-0.39, 0.29) is 5.91 Å². The summed E-state index contributed by atoms with van der Waals surface area (Å²) < 4.78 is 0. The summed E-state index contributed by atoms with van der Waals surface area (Å²) in [7, 11) is 0. The Hall–Kier alpha value is -2.27. The molecule has 0 radical (unpaired) electrons. The summed E-state index contributed by atoms with van der Waals surface area (Å²) in [5.74, 6) is 0.516. The fourth-order valence-electron chi connectivity index (χ4n) is 2.79. The van der Waals surface area contributed by atoms with Crippen LogP contribution in [0.1, 0.15) is 39.9 Å². The fraction of sp³-hybridized carbons (Fsp3) is 0.353. The number of primary amides is 1. The first kappa shape index (κ1) is 14.7. The van der Waals surface area contributed by atoms with Gasteiger partial charge in [-0.05, 0) is 29.7 Å². The Morgan fingerprint density at radius 2 is 2.27 bits per heavy atom. The van der Waals surface area contributed by atoms with Gasteiger partial charge in [-0.3, -0.25) is 9.69 Å². The number of carbonyl (C=O) groups is 1. The maximum atomic E-state index is 11.3. The molecular formula is C17H20N4O. The maximum absolute atomic E-state index is 11.3. The smallest absolute Gasteiger partial charge is 0.248 e. The van der Waals surface area contributed by atoms with Gasteiger partial charge in [-0.1, -0.05) is 19.1 Å². The lowest BCUT2D eigenvalue weighted by molar-refractivity contribution is 0.1000. The second-order valence-corrected chi connectivity index (χ2v) is 5.64. The summed E-state index contributed by atoms with van der Waals surface area (Å²) >= 11 is 0. The van der Waals surface area contributed by atoms with Gasteiger partial charge < -0.3 is 5.73 Å². The topological polar surface area (TPSA) is 72.1 Å². The van der Waals surface area contributed by atoms with Crippen LogP contribution in [0.5, 0.6) is 0 Å². The zero-order valence-corrected chi connectivity index (χ0v) is 12.7. The Morgan fingerprint density at radius 3 is 3.05 bits per heavy atom. The van der Waals surface area contributed by atoms with Crippen molar-refractivity contribution in [3.63, 3.8) is 0 Å². The Bertz CT molecular complexity index is 699. The summed E-state index contributed by atoms with van der Waals surface area (Å²) in [5.41, 5.74) is 9.38. The molecule has 2 N–H and O–H groups in total. The highest BCUT2D eigenvalue weighted by molar-refractivity contribution is 5.92. The molecule has 0 bridgehead atoms. The Balaban J connectivity index is 1.74. The zero-order valence-electron chi connectivity index (χ0n) is 12.7. The van der Waals surface area contributed by atoms with Crippen LogP contribution in [0, 0.1) is 0 Å². The van der Waals surface area contributed by atoms with Crippen molar-refractivity contribution in [1.29, 1.82) is 0 Å². The lowest BCUT2D eigenvalue weighted by Crippen LogP contribution is -2.31. The molecule has 0 spiro atoms. The number of carbonyl (C=O) groups excluding carboxylic acids is 1. The van der Waals surface area contributed by atoms with Gasteiger partial charge in [0.1, 0.15) is 5.82 Å². The molecule has 0 saturated carbocycles. The molecule has 5 nitrogen and oxygen atoms in total. The number of hydrogen-bond acceptors (Lipinski definition) is 4. The third-order valence-electron chi connectivity index (χ3n) is 4.01. The van der Waals surface area contributed by atoms with Crippen LogP contribution < -0.4 is 5.73 Å². The van der Waals surface area contributed by atoms with Gasteiger partial charge in [-0.25, -0.2) is 9.97 Å². The molecule has 1 aromatic carbocycles. The minimum Gasteiger partial charge on any atom is -0.366 e. The standard InChI is InChI=1S/C17H20N4O/c1-2-16-19-9-14-6-7-21(11-15(14)20-16)10-12-4-3-5-13(8-12)17(18)22/h3-5,8-9H,2,6-7,10-11H2,1H3,(H2,18,22). The molecule has 0 aliphatic carbocycles. The predicted molar refractivity (Wildman–Crippen MR) is 84.2 cm³/mol. The normalized spacial score (nSPS) is 14.6. The molecule has 1 aliphatic rings. The SMILES string of the molecule is CCc1ncc2c(n1)CN(Cc1cccc(C(N)=O)c1)CC2. The van der Waals surface area contributed by atoms with Gasteiger partial charge in [-0.2, -0.15) is 0 Å². The molecule has 0 atom stereocenters. The van der Waals surface area contributed by atoms with Crippen LogP contribution in [0.4, 0.5) is 0 Å². The van der Waals surface area contributed by atoms with E-state index in [1.807, 2.05) is 24.4 Å². The highest BCUT2D eigenvalue weighted by atomic mass is 16.1. The van der Waals surface area contributed by atoms with Crippen LogP contribution in [-0.2, 0) is 25.9 Å². The van der Waals surface area contributed by atoms with Crippen LogP contribution in [0.15, 0.2) is 30.5 Å². The van der Waals surface area contributed by atoms with Crippen molar-refractivity contribution in [3.05, 3.63) is 58.7 Å². The second kappa shape index (κ2) is 6.23. The number of aromatic nitrogens is 2. The van der Waals surface area contributed by atoms with Crippen LogP contribution in [0.2, 0.25) is 0 Å². The van der Waals surface area contributed by atoms with E-state index >= 15 is 0 Å². The van der Waals surface area contributed by atoms with Crippen molar-refractivity contribution in [2.24, 2.45) is 5.73 Å². The molecular weight excluding hydrogens is 276 g/mol. The Morgan fingerprint density at radius 1 is 1.41 bits per heavy atom. The number of nitrogens with two attached hydrogens (primary N) is 1. The molecule has 5 heteroatoms. The molecule has 22 heavy (non-hydrogen) atoms. The van der Waals surface area contributed by atoms with Crippen molar-refractivity contribution in [2.45, 2.75) is 32.9 Å². The van der Waals surface area contributed by atoms with Gasteiger partial charge in [0, 0.05) is 37.8 Å². The molecule has 2 heterocycles. The van der Waals surface area contributed by atoms with Crippen LogP contribution in [0.25, 0.3) is 0 Å². The lowest BCUT2D eigenvalue weighted by atomic mass is 10.0. The molecule has 0 saturated heterocycles. The van der Waals surface area contributed by atoms with E-state index in [9.17, 15) is 4.79 Å². The van der Waals surface area contributed by atoms with E-state index in [0.717, 1.165) is 49.6 Å². The number of nitrogens with zero attached hydrogens (tertiary/aromatic N) is 3. The number of amides is 1. The first-order chi connectivity index (χ1) is 10.7. The van der Waals surface area contributed by atoms with Crippen LogP contribution in [0.3, 0.4) is 0 Å². The number of benzene rings is 1. The number of rotatable bonds is 4. The third-order valence-corrected chi connectivity index (χ3v) is 4.01. The fourth-order valence-corrected chi connectivity index (χ4v) is 2.79. The maximum Gasteiger partial charge on any atom is 0.248 e. The van der Waals surface area contributed by atoms with Crippen LogP contribution >= 0.6 is 0 Å². The summed E-state index contributed by atoms with van der Waals surface area (Å²) in [5, 5.41) is 0. The average molecular weight is 296 g/mol. The highest BCUT2D eigenvalue weighted by Gasteiger charge is 2.18. The average Bonchev–Trinajstić information content (AvgIpc) is 2.54. The summed E-state index contributed by atoms with van der Waals surface area (Å²) in [6.45, 7) is 4.66. The van der Waals surface area contributed by atoms with E-state index in [2.05, 4.69) is 21.8 Å². The molecule has 2 aromatic rings. The van der Waals surface area contributed by atoms with Crippen molar-refractivity contribution in [3.8, 4) is 0 Å². The Kier molecular flexibility index (Phi) is 4.15. The van der Waals surface area contributed by atoms with Gasteiger partial charge in [0.15, 0.2) is 0 Å². The van der Waals surface area contributed by atoms with E-state index in [0.29, 0.717) is 5.56 Å². The Labute approximate surface area is 130 Å². The first-order valence-corrected chi connectivity index (χ1v) is 7.60. The van der Waals surface area contributed by atoms with Crippen LogP contribution in [-0.4, -0.2) is 27.3 Å². The van der Waals surface area contributed by atoms with Crippen molar-refractivity contribution >= 4 is 5.91 Å². The van der Waals surface area contributed by atoms with E-state index in [1.165, 1.54) is 5.56 Å². The molecule has 114 valence electrons. The lowest BCUT2D eigenvalue weighted by Gasteiger charge is -2.28. The second-order valence-electron chi connectivity index (χ2n) is 5.64. The van der Waals surface area contributed by atoms with Gasteiger partial charge in [-0.15, -0.1) is 0 Å². The van der Waals surface area contributed by atoms with Crippen molar-refractivity contribution in [2.75, 3.05) is 6.54 Å². The molecule has 3 rings (SSSR count). The molecule has 0 fully saturated rings. The largest absolute Gasteiger partial charge is 0.366 e. The van der Waals surface area contributed by atoms with E-state index in [1.54, 1.807) is 6.07 Å². The molecule has 0 unspecified atom stereocenters. The number of hydrogen-bond donors (Lipinski definition) is 1. The number of fused-ring (bicyclic) bond motifs is 1. The first-order valence-electron chi connectivity index (χ1n) is 7.60. The predicted octanol–water partition coefficient (Wildman–Crippen LogP) is 1.70. The van der Waals surface area contributed by atoms with E-state index < -0.39 is 0 Å². The van der Waals surface area contributed by atoms with Crippen molar-refractivity contribution in [1.82, 2.24) is 14.9 Å².